The Morgan fingerprint density at radius 2 is 1.37 bits per heavy atom. The first kappa shape index (κ1) is 18.2. The van der Waals surface area contributed by atoms with Crippen LogP contribution in [0.15, 0.2) is 0 Å². The minimum Gasteiger partial charge on any atom is -0.455 e. The Balaban J connectivity index is 5.06. The fourth-order valence-electron chi connectivity index (χ4n) is 0.956. The lowest BCUT2D eigenvalue weighted by Gasteiger charge is -2.23. The van der Waals surface area contributed by atoms with Gasteiger partial charge in [-0.15, -0.1) is 0 Å². The zero-order chi connectivity index (χ0) is 15.1. The summed E-state index contributed by atoms with van der Waals surface area (Å²) >= 11 is 0. The number of carbonyl (C=O) groups excluding carboxylic acids is 2. The Labute approximate surface area is 111 Å². The smallest absolute Gasteiger partial charge is 0.404 e. The van der Waals surface area contributed by atoms with Crippen molar-refractivity contribution < 1.29 is 36.6 Å². The molecule has 0 N–H and O–H groups in total. The zero-order valence-electron chi connectivity index (χ0n) is 11.0. The van der Waals surface area contributed by atoms with E-state index in [0.29, 0.717) is 0 Å². The molecule has 6 nitrogen and oxygen atoms in total. The minimum absolute atomic E-state index is 0.645. The van der Waals surface area contributed by atoms with E-state index in [1.165, 1.54) is 0 Å². The van der Waals surface area contributed by atoms with Crippen molar-refractivity contribution in [1.82, 2.24) is 0 Å². The van der Waals surface area contributed by atoms with Crippen LogP contribution in [0.25, 0.3) is 0 Å². The minimum atomic E-state index is -4.58. The summed E-state index contributed by atoms with van der Waals surface area (Å²) in [6.45, 7) is 1.50. The summed E-state index contributed by atoms with van der Waals surface area (Å²) in [5.41, 5.74) is -2.95. The average molecular weight is 318 g/mol. The number of rotatable bonds is 8. The average Bonchev–Trinajstić information content (AvgIpc) is 2.30. The van der Waals surface area contributed by atoms with Crippen LogP contribution in [0, 0.1) is 0 Å². The normalized spacial score (nSPS) is 12.1. The van der Waals surface area contributed by atoms with Crippen LogP contribution in [-0.2, 0) is 18.3 Å². The molecule has 0 unspecified atom stereocenters. The second kappa shape index (κ2) is 7.71. The number of alkyl halides is 2. The van der Waals surface area contributed by atoms with Crippen LogP contribution in [0.3, 0.4) is 0 Å². The maximum absolute atomic E-state index is 12.3. The molecule has 0 radical (unpaired) electrons. The van der Waals surface area contributed by atoms with Crippen LogP contribution in [0.2, 0.25) is 19.6 Å². The molecular formula is C9H17F2O6PSi. The summed E-state index contributed by atoms with van der Waals surface area (Å²) in [6, 6.07) is 0. The summed E-state index contributed by atoms with van der Waals surface area (Å²) in [5, 5.41) is 0. The molecule has 0 rings (SSSR count). The van der Waals surface area contributed by atoms with Crippen molar-refractivity contribution in [2.75, 3.05) is 26.6 Å². The van der Waals surface area contributed by atoms with Gasteiger partial charge in [0.25, 0.3) is 0 Å². The first-order valence-electron chi connectivity index (χ1n) is 5.44. The van der Waals surface area contributed by atoms with Crippen molar-refractivity contribution in [1.29, 1.82) is 0 Å². The first-order valence-corrected chi connectivity index (χ1v) is 10.5. The van der Waals surface area contributed by atoms with E-state index in [-0.39, 0.29) is 0 Å². The number of carbonyl (C=O) groups is 2. The largest absolute Gasteiger partial charge is 0.455 e. The molecule has 0 aromatic rings. The highest BCUT2D eigenvalue weighted by Crippen LogP contribution is 2.53. The van der Waals surface area contributed by atoms with E-state index in [4.69, 9.17) is 4.21 Å². The Kier molecular flexibility index (Phi) is 7.39. The maximum Gasteiger partial charge on any atom is 0.404 e. The molecule has 0 atom stereocenters. The highest BCUT2D eigenvalue weighted by molar-refractivity contribution is 7.90. The molecule has 0 fully saturated rings. The lowest BCUT2D eigenvalue weighted by molar-refractivity contribution is 0.149. The van der Waals surface area contributed by atoms with Gasteiger partial charge in [-0.3, -0.25) is 4.57 Å². The number of ether oxygens (including phenoxy) is 2. The van der Waals surface area contributed by atoms with Gasteiger partial charge in [-0.1, -0.05) is 0 Å². The fraction of sp³-hybridized carbons (Fsp3) is 0.778. The van der Waals surface area contributed by atoms with E-state index in [2.05, 4.69) is 9.47 Å². The molecular weight excluding hydrogens is 301 g/mol. The van der Waals surface area contributed by atoms with Gasteiger partial charge in [-0.25, -0.2) is 18.4 Å². The van der Waals surface area contributed by atoms with Gasteiger partial charge in [-0.2, -0.15) is 0 Å². The fourth-order valence-corrected chi connectivity index (χ4v) is 5.31. The van der Waals surface area contributed by atoms with Crippen LogP contribution in [0.4, 0.5) is 18.4 Å². The van der Waals surface area contributed by atoms with Gasteiger partial charge in [0.05, 0.1) is 0 Å². The third-order valence-corrected chi connectivity index (χ3v) is 5.93. The molecule has 0 aliphatic carbocycles. The van der Waals surface area contributed by atoms with Gasteiger partial charge in [0.2, 0.25) is 0 Å². The van der Waals surface area contributed by atoms with Crippen molar-refractivity contribution in [3.8, 4) is 0 Å². The summed E-state index contributed by atoms with van der Waals surface area (Å²) in [6.07, 6.45) is 0. The van der Waals surface area contributed by atoms with E-state index in [9.17, 15) is 22.9 Å². The van der Waals surface area contributed by atoms with Gasteiger partial charge >= 0.3 is 18.8 Å². The third kappa shape index (κ3) is 6.26. The monoisotopic (exact) mass is 318 g/mol. The van der Waals surface area contributed by atoms with Crippen molar-refractivity contribution in [2.45, 2.75) is 19.6 Å². The quantitative estimate of drug-likeness (QED) is 0.504. The van der Waals surface area contributed by atoms with Gasteiger partial charge < -0.3 is 13.7 Å². The molecule has 0 saturated heterocycles. The molecule has 0 aromatic carbocycles. The molecule has 112 valence electrons. The molecule has 0 aliphatic heterocycles. The predicted octanol–water partition coefficient (Wildman–Crippen LogP) is 3.33. The van der Waals surface area contributed by atoms with Crippen molar-refractivity contribution in [2.24, 2.45) is 0 Å². The molecule has 0 spiro atoms. The second-order valence-corrected chi connectivity index (χ2v) is 11.2. The molecule has 0 amide bonds. The zero-order valence-corrected chi connectivity index (χ0v) is 12.9. The summed E-state index contributed by atoms with van der Waals surface area (Å²) in [5.74, 6) is 0. The molecule has 0 aliphatic rings. The molecule has 0 saturated carbocycles. The van der Waals surface area contributed by atoms with E-state index in [1.807, 2.05) is 0 Å². The number of hydrogen-bond acceptors (Lipinski definition) is 6. The first-order chi connectivity index (χ1) is 8.67. The van der Waals surface area contributed by atoms with Crippen LogP contribution < -0.4 is 0 Å². The Morgan fingerprint density at radius 1 is 1.00 bits per heavy atom. The third-order valence-electron chi connectivity index (χ3n) is 1.49. The van der Waals surface area contributed by atoms with Crippen LogP contribution >= 0.6 is 7.37 Å². The topological polar surface area (TPSA) is 78.9 Å². The van der Waals surface area contributed by atoms with Crippen LogP contribution in [0.1, 0.15) is 0 Å². The number of hydrogen-bond donors (Lipinski definition) is 0. The van der Waals surface area contributed by atoms with Gasteiger partial charge in [0.15, 0.2) is 8.32 Å². The highest BCUT2D eigenvalue weighted by atomic mass is 31.2. The SMILES string of the molecule is C[Si](C)(C)OP(=O)(C(=O)OCCF)C(=O)OCCF. The standard InChI is InChI=1S/C9H17F2O6PSi/c1-19(2,3)17-18(14,8(12)15-6-4-10)9(13)16-7-5-11/h4-7H2,1-3H3. The van der Waals surface area contributed by atoms with Crippen molar-refractivity contribution in [3.63, 3.8) is 0 Å². The van der Waals surface area contributed by atoms with E-state index in [0.717, 1.165) is 0 Å². The summed E-state index contributed by atoms with van der Waals surface area (Å²) < 4.78 is 49.8. The predicted molar refractivity (Wildman–Crippen MR) is 66.7 cm³/mol. The molecule has 10 heteroatoms. The van der Waals surface area contributed by atoms with E-state index < -0.39 is 53.7 Å². The lowest BCUT2D eigenvalue weighted by Crippen LogP contribution is -2.29. The van der Waals surface area contributed by atoms with Gasteiger partial charge in [0, 0.05) is 0 Å². The van der Waals surface area contributed by atoms with Gasteiger partial charge in [0.1, 0.15) is 26.6 Å². The van der Waals surface area contributed by atoms with E-state index in [1.54, 1.807) is 19.6 Å². The molecule has 0 bridgehead atoms. The van der Waals surface area contributed by atoms with Crippen molar-refractivity contribution >= 4 is 27.1 Å². The Bertz CT molecular complexity index is 346. The second-order valence-electron chi connectivity index (χ2n) is 4.36. The van der Waals surface area contributed by atoms with Crippen LogP contribution in [0.5, 0.6) is 0 Å². The molecule has 0 aromatic heterocycles. The molecule has 19 heavy (non-hydrogen) atoms. The molecule has 0 heterocycles. The maximum atomic E-state index is 12.3. The van der Waals surface area contributed by atoms with Crippen molar-refractivity contribution in [3.05, 3.63) is 0 Å². The summed E-state index contributed by atoms with van der Waals surface area (Å²) in [7, 11) is -7.13. The van der Waals surface area contributed by atoms with E-state index >= 15 is 0 Å². The summed E-state index contributed by atoms with van der Waals surface area (Å²) in [4.78, 5) is 23.1. The Hall–Kier alpha value is -0.793. The Morgan fingerprint density at radius 3 is 1.63 bits per heavy atom. The highest BCUT2D eigenvalue weighted by Gasteiger charge is 2.48. The van der Waals surface area contributed by atoms with Crippen LogP contribution in [-0.4, -0.2) is 46.3 Å². The number of halogens is 2. The van der Waals surface area contributed by atoms with Gasteiger partial charge in [-0.05, 0) is 19.6 Å². The lowest BCUT2D eigenvalue weighted by atomic mass is 10.8.